The SMILES string of the molecule is Cn1nc2c(-c3cc(N)ccc3Nc3ccc(Cl)cc3F)cn(C)c(=O)c2n1. The second-order valence-electron chi connectivity index (χ2n) is 6.40. The highest BCUT2D eigenvalue weighted by atomic mass is 35.5. The summed E-state index contributed by atoms with van der Waals surface area (Å²) < 4.78 is 15.7. The van der Waals surface area contributed by atoms with E-state index in [1.54, 1.807) is 50.6 Å². The Morgan fingerprint density at radius 2 is 1.75 bits per heavy atom. The Morgan fingerprint density at radius 1 is 1.04 bits per heavy atom. The first-order chi connectivity index (χ1) is 13.3. The minimum atomic E-state index is -0.486. The van der Waals surface area contributed by atoms with E-state index in [4.69, 9.17) is 17.3 Å². The fourth-order valence-electron chi connectivity index (χ4n) is 3.04. The Balaban J connectivity index is 1.94. The molecule has 0 aliphatic heterocycles. The molecule has 4 rings (SSSR count). The maximum Gasteiger partial charge on any atom is 0.280 e. The van der Waals surface area contributed by atoms with Gasteiger partial charge in [-0.05, 0) is 36.4 Å². The molecule has 0 amide bonds. The predicted octanol–water partition coefficient (Wildman–Crippen LogP) is 3.45. The molecule has 0 atom stereocenters. The van der Waals surface area contributed by atoms with Crippen molar-refractivity contribution < 1.29 is 4.39 Å². The number of nitrogens with zero attached hydrogens (tertiary/aromatic N) is 4. The normalized spacial score (nSPS) is 11.1. The molecule has 7 nitrogen and oxygen atoms in total. The summed E-state index contributed by atoms with van der Waals surface area (Å²) in [6.45, 7) is 0. The fraction of sp³-hybridized carbons (Fsp3) is 0.105. The van der Waals surface area contributed by atoms with E-state index in [2.05, 4.69) is 15.5 Å². The number of anilines is 3. The summed E-state index contributed by atoms with van der Waals surface area (Å²) in [7, 11) is 3.28. The first-order valence-corrected chi connectivity index (χ1v) is 8.74. The van der Waals surface area contributed by atoms with Crippen LogP contribution >= 0.6 is 11.6 Å². The van der Waals surface area contributed by atoms with E-state index >= 15 is 0 Å². The van der Waals surface area contributed by atoms with Gasteiger partial charge in [0.05, 0.1) is 5.69 Å². The molecule has 3 N–H and O–H groups in total. The molecule has 0 spiro atoms. The molecular weight excluding hydrogens is 383 g/mol. The van der Waals surface area contributed by atoms with Crippen molar-refractivity contribution >= 4 is 39.7 Å². The van der Waals surface area contributed by atoms with Crippen LogP contribution in [-0.4, -0.2) is 19.6 Å². The topological polar surface area (TPSA) is 90.8 Å². The van der Waals surface area contributed by atoms with Gasteiger partial charge < -0.3 is 15.6 Å². The summed E-state index contributed by atoms with van der Waals surface area (Å²) >= 11 is 5.83. The molecule has 0 aliphatic rings. The van der Waals surface area contributed by atoms with Crippen molar-refractivity contribution in [2.75, 3.05) is 11.1 Å². The van der Waals surface area contributed by atoms with Crippen molar-refractivity contribution in [3.05, 3.63) is 63.8 Å². The van der Waals surface area contributed by atoms with Crippen molar-refractivity contribution in [2.24, 2.45) is 14.1 Å². The first kappa shape index (κ1) is 18.0. The number of nitrogens with one attached hydrogen (secondary N) is 1. The van der Waals surface area contributed by atoms with Crippen LogP contribution in [0.3, 0.4) is 0 Å². The molecule has 2 heterocycles. The number of aromatic nitrogens is 4. The van der Waals surface area contributed by atoms with Gasteiger partial charge in [0.1, 0.15) is 11.3 Å². The second-order valence-corrected chi connectivity index (χ2v) is 6.84. The molecule has 0 fully saturated rings. The lowest BCUT2D eigenvalue weighted by atomic mass is 10.0. The molecule has 2 aromatic heterocycles. The van der Waals surface area contributed by atoms with Gasteiger partial charge in [-0.3, -0.25) is 4.79 Å². The zero-order chi connectivity index (χ0) is 20.0. The fourth-order valence-corrected chi connectivity index (χ4v) is 3.20. The Morgan fingerprint density at radius 3 is 2.50 bits per heavy atom. The van der Waals surface area contributed by atoms with Crippen LogP contribution in [-0.2, 0) is 14.1 Å². The van der Waals surface area contributed by atoms with Gasteiger partial charge in [-0.15, -0.1) is 5.10 Å². The molecule has 0 unspecified atom stereocenters. The summed E-state index contributed by atoms with van der Waals surface area (Å²) in [6.07, 6.45) is 1.66. The van der Waals surface area contributed by atoms with E-state index in [0.717, 1.165) is 0 Å². The number of fused-ring (bicyclic) bond motifs is 1. The molecule has 0 radical (unpaired) electrons. The monoisotopic (exact) mass is 398 g/mol. The largest absolute Gasteiger partial charge is 0.399 e. The average molecular weight is 399 g/mol. The number of nitrogen functional groups attached to an aromatic ring is 1. The van der Waals surface area contributed by atoms with Crippen LogP contribution in [0.15, 0.2) is 47.4 Å². The van der Waals surface area contributed by atoms with E-state index in [9.17, 15) is 9.18 Å². The third-order valence-electron chi connectivity index (χ3n) is 4.35. The Hall–Kier alpha value is -3.39. The summed E-state index contributed by atoms with van der Waals surface area (Å²) in [5.74, 6) is -0.486. The van der Waals surface area contributed by atoms with E-state index in [0.29, 0.717) is 33.0 Å². The minimum Gasteiger partial charge on any atom is -0.399 e. The molecule has 142 valence electrons. The summed E-state index contributed by atoms with van der Waals surface area (Å²) in [4.78, 5) is 13.7. The molecule has 0 bridgehead atoms. The number of nitrogens with two attached hydrogens (primary N) is 1. The van der Waals surface area contributed by atoms with E-state index < -0.39 is 5.82 Å². The van der Waals surface area contributed by atoms with Gasteiger partial charge in [0.15, 0.2) is 5.52 Å². The van der Waals surface area contributed by atoms with Gasteiger partial charge >= 0.3 is 0 Å². The third-order valence-corrected chi connectivity index (χ3v) is 4.58. The zero-order valence-electron chi connectivity index (χ0n) is 15.1. The minimum absolute atomic E-state index is 0.244. The van der Waals surface area contributed by atoms with Gasteiger partial charge in [-0.1, -0.05) is 11.6 Å². The van der Waals surface area contributed by atoms with Crippen molar-refractivity contribution in [3.8, 4) is 11.1 Å². The number of halogens is 2. The lowest BCUT2D eigenvalue weighted by Crippen LogP contribution is -2.17. The molecule has 9 heteroatoms. The molecule has 2 aromatic carbocycles. The van der Waals surface area contributed by atoms with Gasteiger partial charge in [0.25, 0.3) is 5.56 Å². The number of aryl methyl sites for hydroxylation is 2. The maximum absolute atomic E-state index is 14.3. The van der Waals surface area contributed by atoms with Crippen molar-refractivity contribution in [1.82, 2.24) is 19.6 Å². The lowest BCUT2D eigenvalue weighted by Gasteiger charge is -2.15. The Labute approximate surface area is 164 Å². The highest BCUT2D eigenvalue weighted by Gasteiger charge is 2.17. The van der Waals surface area contributed by atoms with E-state index in [-0.39, 0.29) is 16.8 Å². The lowest BCUT2D eigenvalue weighted by molar-refractivity contribution is 0.632. The molecule has 0 saturated heterocycles. The van der Waals surface area contributed by atoms with Crippen molar-refractivity contribution in [2.45, 2.75) is 0 Å². The number of rotatable bonds is 3. The van der Waals surface area contributed by atoms with Crippen LogP contribution in [0, 0.1) is 5.82 Å². The van der Waals surface area contributed by atoms with Gasteiger partial charge in [0.2, 0.25) is 0 Å². The second kappa shape index (κ2) is 6.65. The van der Waals surface area contributed by atoms with Gasteiger partial charge in [0, 0.05) is 47.8 Å². The summed E-state index contributed by atoms with van der Waals surface area (Å²) in [5.41, 5.74) is 9.11. The van der Waals surface area contributed by atoms with Crippen LogP contribution < -0.4 is 16.6 Å². The summed E-state index contributed by atoms with van der Waals surface area (Å²) in [6, 6.07) is 9.56. The van der Waals surface area contributed by atoms with Crippen molar-refractivity contribution in [3.63, 3.8) is 0 Å². The first-order valence-electron chi connectivity index (χ1n) is 8.36. The van der Waals surface area contributed by atoms with Crippen LogP contribution in [0.5, 0.6) is 0 Å². The van der Waals surface area contributed by atoms with Crippen LogP contribution in [0.2, 0.25) is 5.02 Å². The average Bonchev–Trinajstić information content (AvgIpc) is 3.04. The van der Waals surface area contributed by atoms with Crippen LogP contribution in [0.1, 0.15) is 0 Å². The number of benzene rings is 2. The summed E-state index contributed by atoms with van der Waals surface area (Å²) in [5, 5.41) is 11.9. The number of hydrogen-bond donors (Lipinski definition) is 2. The Bertz CT molecular complexity index is 1280. The van der Waals surface area contributed by atoms with Crippen LogP contribution in [0.25, 0.3) is 22.2 Å². The third kappa shape index (κ3) is 3.07. The van der Waals surface area contributed by atoms with E-state index in [1.807, 2.05) is 0 Å². The molecular formula is C19H16ClFN6O. The molecule has 0 aliphatic carbocycles. The maximum atomic E-state index is 14.3. The van der Waals surface area contributed by atoms with E-state index in [1.165, 1.54) is 15.4 Å². The zero-order valence-corrected chi connectivity index (χ0v) is 15.8. The molecule has 4 aromatic rings. The molecule has 28 heavy (non-hydrogen) atoms. The molecule has 0 saturated carbocycles. The van der Waals surface area contributed by atoms with Gasteiger partial charge in [-0.25, -0.2) is 4.39 Å². The number of hydrogen-bond acceptors (Lipinski definition) is 5. The number of pyridine rings is 1. The smallest absolute Gasteiger partial charge is 0.280 e. The predicted molar refractivity (Wildman–Crippen MR) is 108 cm³/mol. The highest BCUT2D eigenvalue weighted by Crippen LogP contribution is 2.35. The quantitative estimate of drug-likeness (QED) is 0.516. The van der Waals surface area contributed by atoms with Crippen molar-refractivity contribution in [1.29, 1.82) is 0 Å². The Kier molecular flexibility index (Phi) is 4.27. The van der Waals surface area contributed by atoms with Crippen LogP contribution in [0.4, 0.5) is 21.5 Å². The standard InChI is InChI=1S/C19H16ClFN6O/c1-26-9-13(17-18(19(26)28)25-27(2)24-17)12-8-11(22)4-6-15(12)23-16-5-3-10(20)7-14(16)21/h3-9,23H,22H2,1-2H3. The van der Waals surface area contributed by atoms with Gasteiger partial charge in [-0.2, -0.15) is 9.90 Å². The highest BCUT2D eigenvalue weighted by molar-refractivity contribution is 6.30.